The molecule has 0 saturated heterocycles. The molecule has 0 bridgehead atoms. The van der Waals surface area contributed by atoms with E-state index in [9.17, 15) is 4.39 Å². The minimum atomic E-state index is -0.312. The van der Waals surface area contributed by atoms with Gasteiger partial charge in [0.15, 0.2) is 11.6 Å². The predicted molar refractivity (Wildman–Crippen MR) is 72.2 cm³/mol. The number of rotatable bonds is 8. The molecule has 0 heterocycles. The molecule has 0 fully saturated rings. The van der Waals surface area contributed by atoms with Crippen LogP contribution in [0, 0.1) is 5.82 Å². The van der Waals surface area contributed by atoms with Crippen LogP contribution in [0.15, 0.2) is 30.9 Å². The van der Waals surface area contributed by atoms with Gasteiger partial charge >= 0.3 is 0 Å². The van der Waals surface area contributed by atoms with Crippen molar-refractivity contribution < 1.29 is 9.13 Å². The largest absolute Gasteiger partial charge is 0.494 e. The smallest absolute Gasteiger partial charge is 0.165 e. The fourth-order valence-corrected chi connectivity index (χ4v) is 1.99. The molecule has 4 heteroatoms. The van der Waals surface area contributed by atoms with Gasteiger partial charge in [0.25, 0.3) is 0 Å². The number of benzene rings is 1. The van der Waals surface area contributed by atoms with Crippen LogP contribution < -0.4 is 10.1 Å². The number of methoxy groups -OCH3 is 1. The molecule has 1 rings (SSSR count). The molecule has 0 aliphatic rings. The van der Waals surface area contributed by atoms with E-state index >= 15 is 0 Å². The van der Waals surface area contributed by atoms with Crippen molar-refractivity contribution in [3.05, 3.63) is 42.2 Å². The van der Waals surface area contributed by atoms with Crippen molar-refractivity contribution in [3.8, 4) is 5.75 Å². The molecule has 1 aromatic rings. The fourth-order valence-electron chi connectivity index (χ4n) is 1.36. The van der Waals surface area contributed by atoms with E-state index in [1.54, 1.807) is 6.07 Å². The summed E-state index contributed by atoms with van der Waals surface area (Å²) in [4.78, 5) is 0. The Bertz CT molecular complexity index is 357. The zero-order valence-electron chi connectivity index (χ0n) is 10.0. The van der Waals surface area contributed by atoms with E-state index in [1.165, 1.54) is 13.2 Å². The van der Waals surface area contributed by atoms with E-state index in [0.717, 1.165) is 23.6 Å². The minimum absolute atomic E-state index is 0.287. The highest BCUT2D eigenvalue weighted by atomic mass is 32.2. The lowest BCUT2D eigenvalue weighted by atomic mass is 10.2. The van der Waals surface area contributed by atoms with Gasteiger partial charge in [-0.1, -0.05) is 12.1 Å². The normalized spacial score (nSPS) is 10.2. The molecule has 1 aromatic carbocycles. The van der Waals surface area contributed by atoms with Crippen LogP contribution in [0.3, 0.4) is 0 Å². The molecule has 0 saturated carbocycles. The third-order valence-electron chi connectivity index (χ3n) is 2.20. The van der Waals surface area contributed by atoms with Crippen LogP contribution in [0.4, 0.5) is 4.39 Å². The number of hydrogen-bond donors (Lipinski definition) is 1. The molecule has 1 N–H and O–H groups in total. The van der Waals surface area contributed by atoms with Gasteiger partial charge in [0.05, 0.1) is 7.11 Å². The van der Waals surface area contributed by atoms with Crippen molar-refractivity contribution >= 4 is 11.8 Å². The summed E-state index contributed by atoms with van der Waals surface area (Å²) in [6.45, 7) is 5.24. The second kappa shape index (κ2) is 8.14. The molecule has 0 unspecified atom stereocenters. The Morgan fingerprint density at radius 3 is 3.00 bits per heavy atom. The van der Waals surface area contributed by atoms with Crippen LogP contribution in [0.1, 0.15) is 5.56 Å². The first-order chi connectivity index (χ1) is 8.27. The molecule has 2 nitrogen and oxygen atoms in total. The van der Waals surface area contributed by atoms with Gasteiger partial charge in [-0.15, -0.1) is 6.58 Å². The molecule has 0 spiro atoms. The maximum atomic E-state index is 13.4. The van der Waals surface area contributed by atoms with E-state index in [-0.39, 0.29) is 11.6 Å². The summed E-state index contributed by atoms with van der Waals surface area (Å²) < 4.78 is 18.2. The molecule has 17 heavy (non-hydrogen) atoms. The summed E-state index contributed by atoms with van der Waals surface area (Å²) in [5.41, 5.74) is 0.928. The van der Waals surface area contributed by atoms with E-state index in [0.29, 0.717) is 6.54 Å². The topological polar surface area (TPSA) is 21.3 Å². The van der Waals surface area contributed by atoms with Crippen molar-refractivity contribution in [2.45, 2.75) is 6.54 Å². The highest BCUT2D eigenvalue weighted by molar-refractivity contribution is 7.99. The van der Waals surface area contributed by atoms with Crippen molar-refractivity contribution in [2.75, 3.05) is 25.2 Å². The maximum absolute atomic E-state index is 13.4. The summed E-state index contributed by atoms with van der Waals surface area (Å²) in [7, 11) is 1.47. The minimum Gasteiger partial charge on any atom is -0.494 e. The van der Waals surface area contributed by atoms with Crippen molar-refractivity contribution in [1.29, 1.82) is 0 Å². The van der Waals surface area contributed by atoms with Gasteiger partial charge in [-0.05, 0) is 17.7 Å². The zero-order valence-corrected chi connectivity index (χ0v) is 10.9. The standard InChI is InChI=1S/C13H18FNOS/c1-3-7-17-8-6-15-10-11-4-5-13(16-2)12(14)9-11/h3-5,9,15H,1,6-8,10H2,2H3. The predicted octanol–water partition coefficient (Wildman–Crippen LogP) is 2.84. The van der Waals surface area contributed by atoms with Crippen LogP contribution in [-0.2, 0) is 6.54 Å². The van der Waals surface area contributed by atoms with Crippen LogP contribution in [0.2, 0.25) is 0 Å². The molecular formula is C13H18FNOS. The Labute approximate surface area is 106 Å². The second-order valence-corrected chi connectivity index (χ2v) is 4.66. The first-order valence-electron chi connectivity index (χ1n) is 5.49. The lowest BCUT2D eigenvalue weighted by Crippen LogP contribution is -2.16. The average molecular weight is 255 g/mol. The van der Waals surface area contributed by atoms with Crippen LogP contribution in [0.5, 0.6) is 5.75 Å². The summed E-state index contributed by atoms with van der Waals surface area (Å²) >= 11 is 1.82. The number of nitrogens with one attached hydrogen (secondary N) is 1. The molecule has 0 atom stereocenters. The average Bonchev–Trinajstić information content (AvgIpc) is 2.34. The monoisotopic (exact) mass is 255 g/mol. The second-order valence-electron chi connectivity index (χ2n) is 3.51. The van der Waals surface area contributed by atoms with E-state index < -0.39 is 0 Å². The Hall–Kier alpha value is -1.00. The molecule has 0 aliphatic heterocycles. The van der Waals surface area contributed by atoms with Gasteiger partial charge < -0.3 is 10.1 Å². The van der Waals surface area contributed by atoms with Gasteiger partial charge in [-0.3, -0.25) is 0 Å². The molecular weight excluding hydrogens is 237 g/mol. The van der Waals surface area contributed by atoms with Gasteiger partial charge in [-0.2, -0.15) is 11.8 Å². The Morgan fingerprint density at radius 1 is 1.53 bits per heavy atom. The number of thioether (sulfide) groups is 1. The number of halogens is 1. The van der Waals surface area contributed by atoms with Crippen LogP contribution in [-0.4, -0.2) is 25.2 Å². The Balaban J connectivity index is 2.27. The summed E-state index contributed by atoms with van der Waals surface area (Å²) in [5.74, 6) is 1.98. The number of hydrogen-bond acceptors (Lipinski definition) is 3. The Kier molecular flexibility index (Phi) is 6.74. The molecule has 94 valence electrons. The van der Waals surface area contributed by atoms with Gasteiger partial charge in [0, 0.05) is 24.6 Å². The first-order valence-corrected chi connectivity index (χ1v) is 6.65. The van der Waals surface area contributed by atoms with Crippen LogP contribution in [0.25, 0.3) is 0 Å². The van der Waals surface area contributed by atoms with Crippen LogP contribution >= 0.6 is 11.8 Å². The summed E-state index contributed by atoms with van der Waals surface area (Å²) in [6, 6.07) is 5.02. The highest BCUT2D eigenvalue weighted by Gasteiger charge is 2.02. The summed E-state index contributed by atoms with van der Waals surface area (Å²) in [6.07, 6.45) is 1.89. The number of ether oxygens (including phenoxy) is 1. The SMILES string of the molecule is C=CCSCCNCc1ccc(OC)c(F)c1. The zero-order chi connectivity index (χ0) is 12.5. The van der Waals surface area contributed by atoms with Crippen molar-refractivity contribution in [1.82, 2.24) is 5.32 Å². The fraction of sp³-hybridized carbons (Fsp3) is 0.385. The first kappa shape index (κ1) is 14.1. The van der Waals surface area contributed by atoms with E-state index in [1.807, 2.05) is 23.9 Å². The highest BCUT2D eigenvalue weighted by Crippen LogP contribution is 2.17. The van der Waals surface area contributed by atoms with Gasteiger partial charge in [0.2, 0.25) is 0 Å². The van der Waals surface area contributed by atoms with Crippen molar-refractivity contribution in [3.63, 3.8) is 0 Å². The molecule has 0 aliphatic carbocycles. The third kappa shape index (κ3) is 5.24. The Morgan fingerprint density at radius 2 is 2.35 bits per heavy atom. The molecule has 0 radical (unpaired) electrons. The lowest BCUT2D eigenvalue weighted by Gasteiger charge is -2.06. The van der Waals surface area contributed by atoms with E-state index in [4.69, 9.17) is 4.74 Å². The molecule has 0 aromatic heterocycles. The maximum Gasteiger partial charge on any atom is 0.165 e. The van der Waals surface area contributed by atoms with Gasteiger partial charge in [-0.25, -0.2) is 4.39 Å². The molecule has 0 amide bonds. The van der Waals surface area contributed by atoms with E-state index in [2.05, 4.69) is 11.9 Å². The van der Waals surface area contributed by atoms with Gasteiger partial charge in [0.1, 0.15) is 0 Å². The van der Waals surface area contributed by atoms with Crippen molar-refractivity contribution in [2.24, 2.45) is 0 Å². The summed E-state index contributed by atoms with van der Waals surface area (Å²) in [5, 5.41) is 3.26. The third-order valence-corrected chi connectivity index (χ3v) is 3.17. The quantitative estimate of drug-likeness (QED) is 0.570. The lowest BCUT2D eigenvalue weighted by molar-refractivity contribution is 0.386.